The van der Waals surface area contributed by atoms with E-state index in [0.717, 1.165) is 11.1 Å². The molecule has 0 spiro atoms. The standard InChI is InChI=1S/C21H25NO5/c1-6-26-19(24)12-22-14(4)11-18(20(21(22)25)27-15(5)23)17-10-8-7-9-16(17)13(2)3/h7-11,13H,6,12H2,1-5H3. The van der Waals surface area contributed by atoms with Crippen molar-refractivity contribution in [3.8, 4) is 16.9 Å². The molecule has 6 heteroatoms. The molecule has 27 heavy (non-hydrogen) atoms. The number of esters is 2. The highest BCUT2D eigenvalue weighted by Gasteiger charge is 2.21. The molecular formula is C21H25NO5. The Kier molecular flexibility index (Phi) is 6.55. The van der Waals surface area contributed by atoms with E-state index < -0.39 is 17.5 Å². The first kappa shape index (κ1) is 20.4. The number of aromatic nitrogens is 1. The third kappa shape index (κ3) is 4.64. The molecule has 0 aliphatic carbocycles. The van der Waals surface area contributed by atoms with E-state index in [1.807, 2.05) is 24.3 Å². The van der Waals surface area contributed by atoms with E-state index >= 15 is 0 Å². The molecule has 6 nitrogen and oxygen atoms in total. The monoisotopic (exact) mass is 371 g/mol. The van der Waals surface area contributed by atoms with Crippen LogP contribution in [0.1, 0.15) is 44.9 Å². The van der Waals surface area contributed by atoms with Gasteiger partial charge in [0.25, 0.3) is 5.56 Å². The topological polar surface area (TPSA) is 74.6 Å². The molecule has 0 fully saturated rings. The summed E-state index contributed by atoms with van der Waals surface area (Å²) in [4.78, 5) is 36.5. The predicted molar refractivity (Wildman–Crippen MR) is 103 cm³/mol. The zero-order valence-corrected chi connectivity index (χ0v) is 16.4. The highest BCUT2D eigenvalue weighted by molar-refractivity contribution is 5.78. The average Bonchev–Trinajstić information content (AvgIpc) is 2.60. The first-order chi connectivity index (χ1) is 12.8. The number of nitrogens with zero attached hydrogens (tertiary/aromatic N) is 1. The summed E-state index contributed by atoms with van der Waals surface area (Å²) in [5.41, 5.74) is 2.45. The van der Waals surface area contributed by atoms with E-state index in [4.69, 9.17) is 9.47 Å². The van der Waals surface area contributed by atoms with E-state index in [9.17, 15) is 14.4 Å². The van der Waals surface area contributed by atoms with Gasteiger partial charge in [0.2, 0.25) is 5.75 Å². The summed E-state index contributed by atoms with van der Waals surface area (Å²) >= 11 is 0. The molecule has 144 valence electrons. The van der Waals surface area contributed by atoms with Gasteiger partial charge in [-0.2, -0.15) is 0 Å². The molecule has 0 saturated carbocycles. The minimum Gasteiger partial charge on any atom is -0.465 e. The molecule has 1 aromatic heterocycles. The van der Waals surface area contributed by atoms with Gasteiger partial charge in [-0.25, -0.2) is 0 Å². The van der Waals surface area contributed by atoms with Crippen molar-refractivity contribution in [3.05, 3.63) is 51.9 Å². The molecule has 0 saturated heterocycles. The molecule has 0 N–H and O–H groups in total. The van der Waals surface area contributed by atoms with Crippen LogP contribution in [0.3, 0.4) is 0 Å². The van der Waals surface area contributed by atoms with Gasteiger partial charge in [0.15, 0.2) is 0 Å². The molecule has 0 aliphatic rings. The van der Waals surface area contributed by atoms with Gasteiger partial charge in [-0.1, -0.05) is 38.1 Å². The molecule has 0 radical (unpaired) electrons. The number of ether oxygens (including phenoxy) is 2. The van der Waals surface area contributed by atoms with Gasteiger partial charge in [0, 0.05) is 18.2 Å². The van der Waals surface area contributed by atoms with Crippen molar-refractivity contribution in [2.24, 2.45) is 0 Å². The maximum absolute atomic E-state index is 13.0. The quantitative estimate of drug-likeness (QED) is 0.727. The van der Waals surface area contributed by atoms with E-state index in [2.05, 4.69) is 13.8 Å². The summed E-state index contributed by atoms with van der Waals surface area (Å²) in [6, 6.07) is 9.45. The molecular weight excluding hydrogens is 346 g/mol. The summed E-state index contributed by atoms with van der Waals surface area (Å²) in [6.07, 6.45) is 0. The van der Waals surface area contributed by atoms with Crippen LogP contribution < -0.4 is 10.3 Å². The van der Waals surface area contributed by atoms with Crippen LogP contribution in [0.4, 0.5) is 0 Å². The number of rotatable bonds is 6. The van der Waals surface area contributed by atoms with Crippen molar-refractivity contribution in [3.63, 3.8) is 0 Å². The van der Waals surface area contributed by atoms with Crippen LogP contribution in [0.15, 0.2) is 35.1 Å². The Hall–Kier alpha value is -2.89. The first-order valence-corrected chi connectivity index (χ1v) is 8.94. The second-order valence-corrected chi connectivity index (χ2v) is 6.56. The lowest BCUT2D eigenvalue weighted by molar-refractivity contribution is -0.143. The van der Waals surface area contributed by atoms with Crippen LogP contribution in [0.2, 0.25) is 0 Å². The summed E-state index contributed by atoms with van der Waals surface area (Å²) in [7, 11) is 0. The zero-order chi connectivity index (χ0) is 20.1. The summed E-state index contributed by atoms with van der Waals surface area (Å²) in [5.74, 6) is -0.979. The van der Waals surface area contributed by atoms with Gasteiger partial charge in [-0.05, 0) is 37.0 Å². The highest BCUT2D eigenvalue weighted by Crippen LogP contribution is 2.34. The normalized spacial score (nSPS) is 10.7. The Morgan fingerprint density at radius 1 is 1.15 bits per heavy atom. The molecule has 0 aliphatic heterocycles. The molecule has 0 bridgehead atoms. The number of aryl methyl sites for hydroxylation is 1. The third-order valence-corrected chi connectivity index (χ3v) is 4.17. The Bertz CT molecular complexity index is 911. The SMILES string of the molecule is CCOC(=O)Cn1c(C)cc(-c2ccccc2C(C)C)c(OC(C)=O)c1=O. The van der Waals surface area contributed by atoms with Crippen molar-refractivity contribution in [1.29, 1.82) is 0 Å². The van der Waals surface area contributed by atoms with E-state index in [1.165, 1.54) is 11.5 Å². The van der Waals surface area contributed by atoms with Gasteiger partial charge in [-0.3, -0.25) is 19.0 Å². The third-order valence-electron chi connectivity index (χ3n) is 4.17. The second-order valence-electron chi connectivity index (χ2n) is 6.56. The van der Waals surface area contributed by atoms with Crippen molar-refractivity contribution in [2.45, 2.75) is 47.1 Å². The Morgan fingerprint density at radius 2 is 1.81 bits per heavy atom. The molecule has 1 aromatic carbocycles. The summed E-state index contributed by atoms with van der Waals surface area (Å²) in [5, 5.41) is 0. The molecule has 2 rings (SSSR count). The molecule has 2 aromatic rings. The average molecular weight is 371 g/mol. The van der Waals surface area contributed by atoms with E-state index in [0.29, 0.717) is 11.3 Å². The number of hydrogen-bond acceptors (Lipinski definition) is 5. The van der Waals surface area contributed by atoms with Gasteiger partial charge in [0.1, 0.15) is 6.54 Å². The van der Waals surface area contributed by atoms with Crippen LogP contribution in [-0.2, 0) is 20.9 Å². The van der Waals surface area contributed by atoms with Crippen LogP contribution >= 0.6 is 0 Å². The van der Waals surface area contributed by atoms with Crippen LogP contribution in [-0.4, -0.2) is 23.1 Å². The predicted octanol–water partition coefficient (Wildman–Crippen LogP) is 3.44. The highest BCUT2D eigenvalue weighted by atomic mass is 16.5. The molecule has 0 amide bonds. The number of hydrogen-bond donors (Lipinski definition) is 0. The molecule has 0 atom stereocenters. The lowest BCUT2D eigenvalue weighted by Crippen LogP contribution is -2.29. The maximum Gasteiger partial charge on any atom is 0.326 e. The Morgan fingerprint density at radius 3 is 2.41 bits per heavy atom. The van der Waals surface area contributed by atoms with Crippen LogP contribution in [0, 0.1) is 6.92 Å². The largest absolute Gasteiger partial charge is 0.465 e. The second kappa shape index (κ2) is 8.66. The number of benzene rings is 1. The number of carbonyl (C=O) groups excluding carboxylic acids is 2. The van der Waals surface area contributed by atoms with E-state index in [-0.39, 0.29) is 24.8 Å². The fraction of sp³-hybridized carbons (Fsp3) is 0.381. The van der Waals surface area contributed by atoms with Crippen molar-refractivity contribution in [2.75, 3.05) is 6.61 Å². The van der Waals surface area contributed by atoms with Crippen molar-refractivity contribution >= 4 is 11.9 Å². The summed E-state index contributed by atoms with van der Waals surface area (Å²) in [6.45, 7) is 8.77. The van der Waals surface area contributed by atoms with Crippen LogP contribution in [0.25, 0.3) is 11.1 Å². The molecule has 0 unspecified atom stereocenters. The maximum atomic E-state index is 13.0. The van der Waals surface area contributed by atoms with Gasteiger partial charge in [0.05, 0.1) is 6.61 Å². The lowest BCUT2D eigenvalue weighted by Gasteiger charge is -2.18. The first-order valence-electron chi connectivity index (χ1n) is 8.94. The smallest absolute Gasteiger partial charge is 0.326 e. The van der Waals surface area contributed by atoms with Crippen molar-refractivity contribution in [1.82, 2.24) is 4.57 Å². The minimum absolute atomic E-state index is 0.0782. The van der Waals surface area contributed by atoms with Gasteiger partial charge < -0.3 is 9.47 Å². The Balaban J connectivity index is 2.71. The van der Waals surface area contributed by atoms with Crippen LogP contribution in [0.5, 0.6) is 5.75 Å². The Labute approximate surface area is 158 Å². The summed E-state index contributed by atoms with van der Waals surface area (Å²) < 4.78 is 11.5. The van der Waals surface area contributed by atoms with Gasteiger partial charge in [-0.15, -0.1) is 0 Å². The van der Waals surface area contributed by atoms with Crippen molar-refractivity contribution < 1.29 is 19.1 Å². The lowest BCUT2D eigenvalue weighted by atomic mass is 9.92. The van der Waals surface area contributed by atoms with E-state index in [1.54, 1.807) is 19.9 Å². The van der Waals surface area contributed by atoms with Gasteiger partial charge >= 0.3 is 11.9 Å². The minimum atomic E-state index is -0.595. The molecule has 1 heterocycles. The number of pyridine rings is 1. The fourth-order valence-corrected chi connectivity index (χ4v) is 2.97. The fourth-order valence-electron chi connectivity index (χ4n) is 2.97. The zero-order valence-electron chi connectivity index (χ0n) is 16.4. The number of carbonyl (C=O) groups is 2.